The summed E-state index contributed by atoms with van der Waals surface area (Å²) in [4.78, 5) is 25.0. The van der Waals surface area contributed by atoms with Crippen molar-refractivity contribution in [2.75, 3.05) is 18.9 Å². The Bertz CT molecular complexity index is 610. The van der Waals surface area contributed by atoms with E-state index in [1.807, 2.05) is 0 Å². The minimum atomic E-state index is -4.76. The van der Waals surface area contributed by atoms with Crippen LogP contribution in [-0.4, -0.2) is 42.5 Å². The molecule has 0 aliphatic heterocycles. The van der Waals surface area contributed by atoms with Gasteiger partial charge in [-0.2, -0.15) is 0 Å². The number of benzene rings is 1. The normalized spacial score (nSPS) is 11.7. The lowest BCUT2D eigenvalue weighted by Crippen LogP contribution is -2.35. The summed E-state index contributed by atoms with van der Waals surface area (Å²) in [5.41, 5.74) is -0.241. The largest absolute Gasteiger partial charge is 0.573 e. The standard InChI is InChI=1S/C17H23F3N2O4/c1-16(2,3)26-15(24)22(4)11-5-6-14(23)21-12-7-9-13(10-8-12)25-17(18,19)20/h7-10H,5-6,11H2,1-4H3,(H,21,23). The molecule has 0 unspecified atom stereocenters. The van der Waals surface area contributed by atoms with Gasteiger partial charge in [0.2, 0.25) is 5.91 Å². The van der Waals surface area contributed by atoms with E-state index in [4.69, 9.17) is 4.74 Å². The van der Waals surface area contributed by atoms with Gasteiger partial charge in [0.1, 0.15) is 11.4 Å². The second-order valence-corrected chi connectivity index (χ2v) is 6.63. The summed E-state index contributed by atoms with van der Waals surface area (Å²) in [6, 6.07) is 4.84. The minimum absolute atomic E-state index is 0.147. The number of nitrogens with one attached hydrogen (secondary N) is 1. The molecule has 0 spiro atoms. The van der Waals surface area contributed by atoms with Gasteiger partial charge >= 0.3 is 12.5 Å². The Labute approximate surface area is 150 Å². The third-order valence-corrected chi connectivity index (χ3v) is 2.97. The summed E-state index contributed by atoms with van der Waals surface area (Å²) < 4.78 is 45.2. The Morgan fingerprint density at radius 1 is 1.12 bits per heavy atom. The number of rotatable bonds is 6. The van der Waals surface area contributed by atoms with Crippen molar-refractivity contribution in [1.82, 2.24) is 4.90 Å². The summed E-state index contributed by atoms with van der Waals surface area (Å²) >= 11 is 0. The lowest BCUT2D eigenvalue weighted by atomic mass is 10.2. The number of amides is 2. The first kappa shape index (κ1) is 21.6. The van der Waals surface area contributed by atoms with E-state index in [2.05, 4.69) is 10.1 Å². The van der Waals surface area contributed by atoms with Crippen molar-refractivity contribution in [1.29, 1.82) is 0 Å². The molecule has 0 aliphatic rings. The Morgan fingerprint density at radius 2 is 1.69 bits per heavy atom. The molecular formula is C17H23F3N2O4. The smallest absolute Gasteiger partial charge is 0.444 e. The molecule has 1 N–H and O–H groups in total. The molecule has 1 aromatic rings. The highest BCUT2D eigenvalue weighted by Crippen LogP contribution is 2.24. The maximum atomic E-state index is 12.1. The molecule has 1 aromatic carbocycles. The number of alkyl halides is 3. The first-order valence-corrected chi connectivity index (χ1v) is 7.95. The van der Waals surface area contributed by atoms with E-state index >= 15 is 0 Å². The van der Waals surface area contributed by atoms with E-state index in [0.717, 1.165) is 12.1 Å². The minimum Gasteiger partial charge on any atom is -0.444 e. The quantitative estimate of drug-likeness (QED) is 0.809. The van der Waals surface area contributed by atoms with Crippen LogP contribution < -0.4 is 10.1 Å². The van der Waals surface area contributed by atoms with E-state index in [1.54, 1.807) is 27.8 Å². The number of carbonyl (C=O) groups is 2. The van der Waals surface area contributed by atoms with Gasteiger partial charge in [-0.15, -0.1) is 13.2 Å². The Morgan fingerprint density at radius 3 is 2.19 bits per heavy atom. The van der Waals surface area contributed by atoms with Crippen molar-refractivity contribution < 1.29 is 32.2 Å². The fraction of sp³-hybridized carbons (Fsp3) is 0.529. The van der Waals surface area contributed by atoms with Crippen molar-refractivity contribution in [3.63, 3.8) is 0 Å². The molecule has 146 valence electrons. The van der Waals surface area contributed by atoms with Gasteiger partial charge < -0.3 is 19.7 Å². The van der Waals surface area contributed by atoms with E-state index in [0.29, 0.717) is 18.7 Å². The maximum absolute atomic E-state index is 12.1. The molecular weight excluding hydrogens is 353 g/mol. The second-order valence-electron chi connectivity index (χ2n) is 6.63. The highest BCUT2D eigenvalue weighted by atomic mass is 19.4. The number of ether oxygens (including phenoxy) is 2. The number of hydrogen-bond acceptors (Lipinski definition) is 4. The highest BCUT2D eigenvalue weighted by molar-refractivity contribution is 5.90. The second kappa shape index (κ2) is 8.77. The van der Waals surface area contributed by atoms with Gasteiger partial charge in [0, 0.05) is 25.7 Å². The van der Waals surface area contributed by atoms with Crippen LogP contribution in [0.25, 0.3) is 0 Å². The zero-order valence-electron chi connectivity index (χ0n) is 15.1. The number of halogens is 3. The SMILES string of the molecule is CN(CCCC(=O)Nc1ccc(OC(F)(F)F)cc1)C(=O)OC(C)(C)C. The third kappa shape index (κ3) is 9.14. The molecule has 0 atom stereocenters. The van der Waals surface area contributed by atoms with Gasteiger partial charge in [0.15, 0.2) is 0 Å². The van der Waals surface area contributed by atoms with Crippen LogP contribution in [0.2, 0.25) is 0 Å². The van der Waals surface area contributed by atoms with Crippen LogP contribution in [-0.2, 0) is 9.53 Å². The molecule has 9 heteroatoms. The molecule has 0 radical (unpaired) electrons. The van der Waals surface area contributed by atoms with E-state index in [-0.39, 0.29) is 18.1 Å². The van der Waals surface area contributed by atoms with Crippen LogP contribution in [0.15, 0.2) is 24.3 Å². The topological polar surface area (TPSA) is 67.9 Å². The predicted octanol–water partition coefficient (Wildman–Crippen LogP) is 4.17. The molecule has 1 rings (SSSR count). The predicted molar refractivity (Wildman–Crippen MR) is 89.9 cm³/mol. The van der Waals surface area contributed by atoms with Crippen molar-refractivity contribution in [3.8, 4) is 5.75 Å². The van der Waals surface area contributed by atoms with Crippen LogP contribution >= 0.6 is 0 Å². The fourth-order valence-corrected chi connectivity index (χ4v) is 1.87. The van der Waals surface area contributed by atoms with E-state index in [9.17, 15) is 22.8 Å². The van der Waals surface area contributed by atoms with Crippen LogP contribution in [0.1, 0.15) is 33.6 Å². The van der Waals surface area contributed by atoms with Crippen molar-refractivity contribution in [2.45, 2.75) is 45.6 Å². The molecule has 0 heterocycles. The summed E-state index contributed by atoms with van der Waals surface area (Å²) in [6.45, 7) is 5.62. The number of nitrogens with zero attached hydrogens (tertiary/aromatic N) is 1. The third-order valence-electron chi connectivity index (χ3n) is 2.97. The van der Waals surface area contributed by atoms with Gasteiger partial charge in [-0.1, -0.05) is 0 Å². The Kier molecular flexibility index (Phi) is 7.29. The molecule has 6 nitrogen and oxygen atoms in total. The van der Waals surface area contributed by atoms with Crippen LogP contribution in [0.5, 0.6) is 5.75 Å². The van der Waals surface area contributed by atoms with Crippen LogP contribution in [0.4, 0.5) is 23.7 Å². The monoisotopic (exact) mass is 376 g/mol. The molecule has 0 bridgehead atoms. The molecule has 0 aromatic heterocycles. The number of anilines is 1. The van der Waals surface area contributed by atoms with Crippen molar-refractivity contribution in [2.24, 2.45) is 0 Å². The van der Waals surface area contributed by atoms with Gasteiger partial charge in [-0.3, -0.25) is 4.79 Å². The number of hydrogen-bond donors (Lipinski definition) is 1. The molecule has 0 aliphatic carbocycles. The highest BCUT2D eigenvalue weighted by Gasteiger charge is 2.31. The van der Waals surface area contributed by atoms with Crippen LogP contribution in [0.3, 0.4) is 0 Å². The maximum Gasteiger partial charge on any atom is 0.573 e. The first-order valence-electron chi connectivity index (χ1n) is 7.95. The molecule has 0 saturated carbocycles. The summed E-state index contributed by atoms with van der Waals surface area (Å²) in [5, 5.41) is 2.56. The van der Waals surface area contributed by atoms with Crippen molar-refractivity contribution >= 4 is 17.7 Å². The Balaban J connectivity index is 2.37. The average molecular weight is 376 g/mol. The van der Waals surface area contributed by atoms with E-state index < -0.39 is 18.1 Å². The lowest BCUT2D eigenvalue weighted by molar-refractivity contribution is -0.274. The zero-order valence-corrected chi connectivity index (χ0v) is 15.1. The fourth-order valence-electron chi connectivity index (χ4n) is 1.87. The van der Waals surface area contributed by atoms with Gasteiger partial charge in [-0.05, 0) is 51.5 Å². The van der Waals surface area contributed by atoms with Gasteiger partial charge in [-0.25, -0.2) is 4.79 Å². The van der Waals surface area contributed by atoms with E-state index in [1.165, 1.54) is 17.0 Å². The summed E-state index contributed by atoms with van der Waals surface area (Å²) in [7, 11) is 1.57. The lowest BCUT2D eigenvalue weighted by Gasteiger charge is -2.24. The zero-order chi connectivity index (χ0) is 20.0. The van der Waals surface area contributed by atoms with Crippen molar-refractivity contribution in [3.05, 3.63) is 24.3 Å². The van der Waals surface area contributed by atoms with Gasteiger partial charge in [0.25, 0.3) is 0 Å². The molecule has 0 fully saturated rings. The number of carbonyl (C=O) groups excluding carboxylic acids is 2. The average Bonchev–Trinajstić information content (AvgIpc) is 2.46. The molecule has 0 saturated heterocycles. The first-order chi connectivity index (χ1) is 11.9. The molecule has 26 heavy (non-hydrogen) atoms. The van der Waals surface area contributed by atoms with Crippen LogP contribution in [0, 0.1) is 0 Å². The molecule has 2 amide bonds. The van der Waals surface area contributed by atoms with Gasteiger partial charge in [0.05, 0.1) is 0 Å². The summed E-state index contributed by atoms with van der Waals surface area (Å²) in [5.74, 6) is -0.679. The Hall–Kier alpha value is -2.45. The summed E-state index contributed by atoms with van der Waals surface area (Å²) in [6.07, 6.45) is -4.67.